The third-order valence-electron chi connectivity index (χ3n) is 5.85. The predicted octanol–water partition coefficient (Wildman–Crippen LogP) is 5.12. The smallest absolute Gasteiger partial charge is 0.409 e. The van der Waals surface area contributed by atoms with Crippen LogP contribution >= 0.6 is 0 Å². The van der Waals surface area contributed by atoms with Crippen molar-refractivity contribution in [3.8, 4) is 0 Å². The molecule has 3 N–H and O–H groups in total. The highest BCUT2D eigenvalue weighted by molar-refractivity contribution is 6.00. The van der Waals surface area contributed by atoms with Crippen LogP contribution in [-0.2, 0) is 27.2 Å². The molecule has 3 amide bonds. The van der Waals surface area contributed by atoms with E-state index in [1.165, 1.54) is 11.8 Å². The van der Waals surface area contributed by atoms with Gasteiger partial charge in [-0.1, -0.05) is 61.9 Å². The fraction of sp³-hybridized carbons (Fsp3) is 0.516. The van der Waals surface area contributed by atoms with Gasteiger partial charge in [0.15, 0.2) is 0 Å². The summed E-state index contributed by atoms with van der Waals surface area (Å²) in [6.45, 7) is 14.3. The Balaban J connectivity index is 2.54. The molecule has 0 aliphatic rings. The van der Waals surface area contributed by atoms with E-state index >= 15 is 0 Å². The molecule has 8 heteroatoms. The third kappa shape index (κ3) is 10.4. The molecule has 0 saturated carbocycles. The summed E-state index contributed by atoms with van der Waals surface area (Å²) in [5.74, 6) is -0.598. The maximum absolute atomic E-state index is 13.6. The Morgan fingerprint density at radius 1 is 0.923 bits per heavy atom. The van der Waals surface area contributed by atoms with Crippen LogP contribution in [0.25, 0.3) is 0 Å². The van der Waals surface area contributed by atoms with Crippen LogP contribution in [0.1, 0.15) is 79.4 Å². The van der Waals surface area contributed by atoms with Crippen molar-refractivity contribution in [3.63, 3.8) is 0 Å². The molecule has 2 atom stereocenters. The lowest BCUT2D eigenvalue weighted by Crippen LogP contribution is -2.55. The van der Waals surface area contributed by atoms with Crippen LogP contribution in [-0.4, -0.2) is 45.9 Å². The molecule has 0 aliphatic heterocycles. The number of nitrogens with one attached hydrogen (secondary N) is 2. The van der Waals surface area contributed by atoms with E-state index in [2.05, 4.69) is 10.6 Å². The topological polar surface area (TPSA) is 108 Å². The van der Waals surface area contributed by atoms with Gasteiger partial charge in [0.1, 0.15) is 17.4 Å². The van der Waals surface area contributed by atoms with Gasteiger partial charge < -0.3 is 15.2 Å². The van der Waals surface area contributed by atoms with Crippen molar-refractivity contribution in [3.05, 3.63) is 65.7 Å². The van der Waals surface area contributed by atoms with Crippen LogP contribution in [0.15, 0.2) is 54.6 Å². The molecule has 0 aromatic heterocycles. The van der Waals surface area contributed by atoms with Crippen LogP contribution in [0, 0.1) is 0 Å². The van der Waals surface area contributed by atoms with Crippen LogP contribution in [0.2, 0.25) is 0 Å². The summed E-state index contributed by atoms with van der Waals surface area (Å²) in [5.41, 5.74) is -0.850. The fourth-order valence-corrected chi connectivity index (χ4v) is 4.46. The molecule has 0 spiro atoms. The SMILES string of the molecule is CCC[C@](O)(Cc1ccccc1N(C(C)=O)[C@@H](Cc1ccccc1)C(=O)NC(C)(C)C)NC(=O)OC(C)(C)C. The zero-order valence-electron chi connectivity index (χ0n) is 24.6. The molecule has 0 unspecified atom stereocenters. The first kappa shape index (κ1) is 31.8. The number of nitrogens with zero attached hydrogens (tertiary/aromatic N) is 1. The molecule has 2 aromatic carbocycles. The molecule has 8 nitrogen and oxygen atoms in total. The van der Waals surface area contributed by atoms with Gasteiger partial charge in [-0.25, -0.2) is 4.79 Å². The summed E-state index contributed by atoms with van der Waals surface area (Å²) >= 11 is 0. The zero-order valence-corrected chi connectivity index (χ0v) is 24.6. The number of hydrogen-bond acceptors (Lipinski definition) is 5. The van der Waals surface area contributed by atoms with Crippen LogP contribution in [0.3, 0.4) is 0 Å². The van der Waals surface area contributed by atoms with E-state index in [1.54, 1.807) is 45.0 Å². The number of hydrogen-bond donors (Lipinski definition) is 3. The van der Waals surface area contributed by atoms with E-state index in [1.807, 2.05) is 58.0 Å². The molecule has 2 aromatic rings. The Morgan fingerprint density at radius 3 is 2.05 bits per heavy atom. The average Bonchev–Trinajstić information content (AvgIpc) is 2.77. The highest BCUT2D eigenvalue weighted by Crippen LogP contribution is 2.29. The molecule has 39 heavy (non-hydrogen) atoms. The van der Waals surface area contributed by atoms with Gasteiger partial charge in [0, 0.05) is 31.0 Å². The number of anilines is 1. The molecule has 0 radical (unpaired) electrons. The summed E-state index contributed by atoms with van der Waals surface area (Å²) in [4.78, 5) is 40.9. The van der Waals surface area contributed by atoms with E-state index in [0.29, 0.717) is 24.1 Å². The molecule has 0 bridgehead atoms. The first-order valence-electron chi connectivity index (χ1n) is 13.5. The van der Waals surface area contributed by atoms with Gasteiger partial charge in [0.2, 0.25) is 11.8 Å². The maximum atomic E-state index is 13.6. The number of ether oxygens (including phenoxy) is 1. The van der Waals surface area contributed by atoms with Crippen molar-refractivity contribution in [1.29, 1.82) is 0 Å². The molecule has 0 heterocycles. The molecule has 214 valence electrons. The predicted molar refractivity (Wildman–Crippen MR) is 154 cm³/mol. The number of rotatable bonds is 10. The Labute approximate surface area is 233 Å². The molecule has 0 fully saturated rings. The van der Waals surface area contributed by atoms with Gasteiger partial charge >= 0.3 is 6.09 Å². The average molecular weight is 540 g/mol. The first-order valence-corrected chi connectivity index (χ1v) is 13.5. The second kappa shape index (κ2) is 13.1. The largest absolute Gasteiger partial charge is 0.444 e. The Hall–Kier alpha value is -3.39. The van der Waals surface area contributed by atoms with Gasteiger partial charge in [0.25, 0.3) is 0 Å². The molecule has 0 aliphatic carbocycles. The number of carbonyl (C=O) groups is 3. The van der Waals surface area contributed by atoms with Crippen molar-refractivity contribution in [2.45, 2.75) is 104 Å². The number of para-hydroxylation sites is 1. The molecule has 0 saturated heterocycles. The van der Waals surface area contributed by atoms with Gasteiger partial charge in [0.05, 0.1) is 0 Å². The lowest BCUT2D eigenvalue weighted by atomic mass is 9.95. The minimum absolute atomic E-state index is 0.0129. The number of amides is 3. The lowest BCUT2D eigenvalue weighted by molar-refractivity contribution is -0.126. The summed E-state index contributed by atoms with van der Waals surface area (Å²) in [7, 11) is 0. The monoisotopic (exact) mass is 539 g/mol. The molecular weight excluding hydrogens is 494 g/mol. The second-order valence-electron chi connectivity index (χ2n) is 12.0. The van der Waals surface area contributed by atoms with Crippen molar-refractivity contribution in [1.82, 2.24) is 10.6 Å². The number of aliphatic hydroxyl groups is 1. The van der Waals surface area contributed by atoms with Crippen LogP contribution in [0.4, 0.5) is 10.5 Å². The highest BCUT2D eigenvalue weighted by Gasteiger charge is 2.36. The van der Waals surface area contributed by atoms with E-state index in [9.17, 15) is 19.5 Å². The van der Waals surface area contributed by atoms with Crippen molar-refractivity contribution < 1.29 is 24.2 Å². The summed E-state index contributed by atoms with van der Waals surface area (Å²) in [6, 6.07) is 15.8. The van der Waals surface area contributed by atoms with E-state index in [0.717, 1.165) is 5.56 Å². The van der Waals surface area contributed by atoms with E-state index < -0.39 is 29.0 Å². The highest BCUT2D eigenvalue weighted by atomic mass is 16.6. The van der Waals surface area contributed by atoms with Gasteiger partial charge in [-0.05, 0) is 65.2 Å². The Bertz CT molecular complexity index is 1120. The second-order valence-corrected chi connectivity index (χ2v) is 12.0. The first-order chi connectivity index (χ1) is 18.0. The minimum atomic E-state index is -1.63. The van der Waals surface area contributed by atoms with Crippen molar-refractivity contribution in [2.24, 2.45) is 0 Å². The standard InChI is InChI=1S/C31H45N3O5/c1-9-19-31(38,33-28(37)39-30(6,7)8)21-24-17-13-14-18-25(24)34(22(2)35)26(27(36)32-29(3,4)5)20-23-15-11-10-12-16-23/h10-18,26,38H,9,19-21H2,1-8H3,(H,32,36)(H,33,37)/t26-,31-/m0/s1. The quantitative estimate of drug-likeness (QED) is 0.363. The summed E-state index contributed by atoms with van der Waals surface area (Å²) in [5, 5.41) is 17.2. The van der Waals surface area contributed by atoms with Crippen molar-refractivity contribution in [2.75, 3.05) is 4.90 Å². The summed E-state index contributed by atoms with van der Waals surface area (Å²) in [6.07, 6.45) is 0.435. The summed E-state index contributed by atoms with van der Waals surface area (Å²) < 4.78 is 5.39. The normalized spacial score (nSPS) is 14.1. The number of carbonyl (C=O) groups excluding carboxylic acids is 3. The van der Waals surface area contributed by atoms with Gasteiger partial charge in [-0.2, -0.15) is 0 Å². The van der Waals surface area contributed by atoms with Gasteiger partial charge in [-0.15, -0.1) is 0 Å². The third-order valence-corrected chi connectivity index (χ3v) is 5.85. The maximum Gasteiger partial charge on any atom is 0.409 e. The van der Waals surface area contributed by atoms with Crippen LogP contribution in [0.5, 0.6) is 0 Å². The Morgan fingerprint density at radius 2 is 1.51 bits per heavy atom. The number of benzene rings is 2. The molecular formula is C31H45N3O5. The van der Waals surface area contributed by atoms with Crippen molar-refractivity contribution >= 4 is 23.6 Å². The van der Waals surface area contributed by atoms with Crippen LogP contribution < -0.4 is 15.5 Å². The van der Waals surface area contributed by atoms with E-state index in [4.69, 9.17) is 4.74 Å². The fourth-order valence-electron chi connectivity index (χ4n) is 4.46. The van der Waals surface area contributed by atoms with E-state index in [-0.39, 0.29) is 24.7 Å². The van der Waals surface area contributed by atoms with Gasteiger partial charge in [-0.3, -0.25) is 19.8 Å². The zero-order chi connectivity index (χ0) is 29.4. The number of alkyl carbamates (subject to hydrolysis) is 1. The molecule has 2 rings (SSSR count). The Kier molecular flexibility index (Phi) is 10.7. The minimum Gasteiger partial charge on any atom is -0.444 e. The lowest BCUT2D eigenvalue weighted by Gasteiger charge is -2.36.